The minimum absolute atomic E-state index is 0.0219. The monoisotopic (exact) mass is 340 g/mol. The van der Waals surface area contributed by atoms with E-state index in [1.165, 1.54) is 24.0 Å². The van der Waals surface area contributed by atoms with E-state index in [0.717, 1.165) is 18.1 Å². The summed E-state index contributed by atoms with van der Waals surface area (Å²) in [5.41, 5.74) is 3.52. The van der Waals surface area contributed by atoms with Gasteiger partial charge < -0.3 is 5.32 Å². The Morgan fingerprint density at radius 3 is 2.52 bits per heavy atom. The molecule has 0 spiro atoms. The van der Waals surface area contributed by atoms with Crippen LogP contribution in [0.4, 0.5) is 5.82 Å². The number of amides is 1. The van der Waals surface area contributed by atoms with Crippen LogP contribution in [-0.2, 0) is 18.4 Å². The van der Waals surface area contributed by atoms with Gasteiger partial charge in [0.25, 0.3) is 0 Å². The highest BCUT2D eigenvalue weighted by Crippen LogP contribution is 2.28. The molecule has 1 aliphatic rings. The third-order valence-electron chi connectivity index (χ3n) is 4.71. The number of benzene rings is 1. The molecular weight excluding hydrogens is 312 g/mol. The van der Waals surface area contributed by atoms with Crippen molar-refractivity contribution >= 4 is 11.7 Å². The van der Waals surface area contributed by atoms with E-state index in [1.807, 2.05) is 20.0 Å². The average Bonchev–Trinajstić information content (AvgIpc) is 3.34. The lowest BCUT2D eigenvalue weighted by Crippen LogP contribution is -2.34. The fourth-order valence-electron chi connectivity index (χ4n) is 3.09. The summed E-state index contributed by atoms with van der Waals surface area (Å²) < 4.78 is 1.71. The van der Waals surface area contributed by atoms with Gasteiger partial charge in [-0.1, -0.05) is 38.1 Å². The van der Waals surface area contributed by atoms with Gasteiger partial charge in [-0.05, 0) is 36.8 Å². The lowest BCUT2D eigenvalue weighted by molar-refractivity contribution is -0.117. The molecule has 0 saturated heterocycles. The van der Waals surface area contributed by atoms with Gasteiger partial charge in [-0.2, -0.15) is 5.10 Å². The van der Waals surface area contributed by atoms with Gasteiger partial charge in [0.15, 0.2) is 0 Å². The predicted octanol–water partition coefficient (Wildman–Crippen LogP) is 3.46. The molecular formula is C20H28N4O. The number of aryl methyl sites for hydroxylation is 2. The van der Waals surface area contributed by atoms with Crippen LogP contribution in [0.25, 0.3) is 0 Å². The molecule has 0 bridgehead atoms. The SMILES string of the molecule is Cc1cc(NC(=O)CN(Cc2ccc(C(C)C)cc2)C2CC2)n(C)n1. The van der Waals surface area contributed by atoms with E-state index in [2.05, 4.69) is 53.4 Å². The van der Waals surface area contributed by atoms with Crippen molar-refractivity contribution in [3.8, 4) is 0 Å². The van der Waals surface area contributed by atoms with Crippen molar-refractivity contribution in [1.29, 1.82) is 0 Å². The van der Waals surface area contributed by atoms with Crippen LogP contribution in [0.15, 0.2) is 30.3 Å². The maximum Gasteiger partial charge on any atom is 0.239 e. The summed E-state index contributed by atoms with van der Waals surface area (Å²) >= 11 is 0. The Hall–Kier alpha value is -2.14. The average molecular weight is 340 g/mol. The Morgan fingerprint density at radius 2 is 2.00 bits per heavy atom. The molecule has 0 unspecified atom stereocenters. The fraction of sp³-hybridized carbons (Fsp3) is 0.500. The van der Waals surface area contributed by atoms with Crippen LogP contribution in [0.2, 0.25) is 0 Å². The molecule has 1 amide bonds. The van der Waals surface area contributed by atoms with Crippen LogP contribution in [0.5, 0.6) is 0 Å². The van der Waals surface area contributed by atoms with Crippen LogP contribution < -0.4 is 5.32 Å². The summed E-state index contributed by atoms with van der Waals surface area (Å²) in [5, 5.41) is 7.24. The molecule has 2 aromatic rings. The Balaban J connectivity index is 1.61. The van der Waals surface area contributed by atoms with Gasteiger partial charge in [0.2, 0.25) is 5.91 Å². The Morgan fingerprint density at radius 1 is 1.32 bits per heavy atom. The van der Waals surface area contributed by atoms with Crippen LogP contribution in [0.1, 0.15) is 49.4 Å². The first-order valence-electron chi connectivity index (χ1n) is 9.05. The van der Waals surface area contributed by atoms with E-state index >= 15 is 0 Å². The largest absolute Gasteiger partial charge is 0.310 e. The topological polar surface area (TPSA) is 50.2 Å². The van der Waals surface area contributed by atoms with E-state index < -0.39 is 0 Å². The number of hydrogen-bond acceptors (Lipinski definition) is 3. The molecule has 134 valence electrons. The number of nitrogens with zero attached hydrogens (tertiary/aromatic N) is 3. The standard InChI is InChI=1S/C20H28N4O/c1-14(2)17-7-5-16(6-8-17)12-24(18-9-10-18)13-20(25)21-19-11-15(3)22-23(19)4/h5-8,11,14,18H,9-10,12-13H2,1-4H3,(H,21,25). The zero-order valence-corrected chi connectivity index (χ0v) is 15.6. The first-order valence-corrected chi connectivity index (χ1v) is 9.05. The van der Waals surface area contributed by atoms with E-state index in [1.54, 1.807) is 4.68 Å². The van der Waals surface area contributed by atoms with Crippen molar-refractivity contribution in [2.75, 3.05) is 11.9 Å². The predicted molar refractivity (Wildman–Crippen MR) is 101 cm³/mol. The summed E-state index contributed by atoms with van der Waals surface area (Å²) in [6.45, 7) is 7.57. The summed E-state index contributed by atoms with van der Waals surface area (Å²) in [5.74, 6) is 1.31. The summed E-state index contributed by atoms with van der Waals surface area (Å²) in [6.07, 6.45) is 2.37. The molecule has 3 rings (SSSR count). The molecule has 1 heterocycles. The van der Waals surface area contributed by atoms with Gasteiger partial charge in [0.1, 0.15) is 5.82 Å². The molecule has 5 heteroatoms. The first kappa shape index (κ1) is 17.7. The van der Waals surface area contributed by atoms with Crippen LogP contribution >= 0.6 is 0 Å². The van der Waals surface area contributed by atoms with Crippen LogP contribution in [0, 0.1) is 6.92 Å². The highest BCUT2D eigenvalue weighted by Gasteiger charge is 2.30. The smallest absolute Gasteiger partial charge is 0.239 e. The minimum atomic E-state index is 0.0219. The molecule has 1 aliphatic carbocycles. The second kappa shape index (κ2) is 7.40. The van der Waals surface area contributed by atoms with Crippen LogP contribution in [-0.4, -0.2) is 33.2 Å². The molecule has 0 atom stereocenters. The molecule has 25 heavy (non-hydrogen) atoms. The number of aromatic nitrogens is 2. The summed E-state index contributed by atoms with van der Waals surface area (Å²) in [6, 6.07) is 11.2. The molecule has 5 nitrogen and oxygen atoms in total. The second-order valence-electron chi connectivity index (χ2n) is 7.38. The first-order chi connectivity index (χ1) is 11.9. The molecule has 0 radical (unpaired) electrons. The van der Waals surface area contributed by atoms with Crippen molar-refractivity contribution in [3.05, 3.63) is 47.2 Å². The number of nitrogens with one attached hydrogen (secondary N) is 1. The van der Waals surface area contributed by atoms with E-state index in [0.29, 0.717) is 18.5 Å². The van der Waals surface area contributed by atoms with Crippen molar-refractivity contribution in [1.82, 2.24) is 14.7 Å². The van der Waals surface area contributed by atoms with Gasteiger partial charge in [0, 0.05) is 25.7 Å². The molecule has 1 fully saturated rings. The zero-order valence-electron chi connectivity index (χ0n) is 15.6. The summed E-state index contributed by atoms with van der Waals surface area (Å²) in [4.78, 5) is 14.7. The minimum Gasteiger partial charge on any atom is -0.310 e. The third-order valence-corrected chi connectivity index (χ3v) is 4.71. The summed E-state index contributed by atoms with van der Waals surface area (Å²) in [7, 11) is 1.84. The Bertz CT molecular complexity index is 729. The number of carbonyl (C=O) groups excluding carboxylic acids is 1. The van der Waals surface area contributed by atoms with E-state index in [4.69, 9.17) is 0 Å². The maximum atomic E-state index is 12.5. The highest BCUT2D eigenvalue weighted by atomic mass is 16.2. The Kier molecular flexibility index (Phi) is 5.23. The maximum absolute atomic E-state index is 12.5. The van der Waals surface area contributed by atoms with Crippen molar-refractivity contribution in [2.24, 2.45) is 7.05 Å². The fourth-order valence-corrected chi connectivity index (χ4v) is 3.09. The second-order valence-corrected chi connectivity index (χ2v) is 7.38. The van der Waals surface area contributed by atoms with E-state index in [-0.39, 0.29) is 5.91 Å². The molecule has 1 aromatic heterocycles. The quantitative estimate of drug-likeness (QED) is 0.840. The van der Waals surface area contributed by atoms with Gasteiger partial charge in [-0.3, -0.25) is 14.4 Å². The molecule has 0 aliphatic heterocycles. The Labute approximate surface area is 150 Å². The van der Waals surface area contributed by atoms with Gasteiger partial charge >= 0.3 is 0 Å². The van der Waals surface area contributed by atoms with Crippen molar-refractivity contribution in [3.63, 3.8) is 0 Å². The van der Waals surface area contributed by atoms with Gasteiger partial charge in [0.05, 0.1) is 12.2 Å². The molecule has 1 saturated carbocycles. The third kappa shape index (κ3) is 4.69. The number of rotatable bonds is 7. The lowest BCUT2D eigenvalue weighted by Gasteiger charge is -2.21. The van der Waals surface area contributed by atoms with Crippen molar-refractivity contribution in [2.45, 2.75) is 52.1 Å². The van der Waals surface area contributed by atoms with E-state index in [9.17, 15) is 4.79 Å². The number of hydrogen-bond donors (Lipinski definition) is 1. The molecule has 1 aromatic carbocycles. The zero-order chi connectivity index (χ0) is 18.0. The van der Waals surface area contributed by atoms with Gasteiger partial charge in [-0.25, -0.2) is 0 Å². The van der Waals surface area contributed by atoms with Crippen LogP contribution in [0.3, 0.4) is 0 Å². The van der Waals surface area contributed by atoms with Crippen molar-refractivity contribution < 1.29 is 4.79 Å². The lowest BCUT2D eigenvalue weighted by atomic mass is 10.0. The molecule has 1 N–H and O–H groups in total. The highest BCUT2D eigenvalue weighted by molar-refractivity contribution is 5.91. The number of carbonyl (C=O) groups is 1. The normalized spacial score (nSPS) is 14.3. The van der Waals surface area contributed by atoms with Gasteiger partial charge in [-0.15, -0.1) is 0 Å². The number of anilines is 1.